The molecule has 5 heteroatoms. The van der Waals surface area contributed by atoms with E-state index in [1.807, 2.05) is 27.9 Å². The highest BCUT2D eigenvalue weighted by Gasteiger charge is 2.34. The third kappa shape index (κ3) is 13.0. The Kier molecular flexibility index (Phi) is 9.83. The molecule has 0 aromatic rings. The third-order valence-electron chi connectivity index (χ3n) is 5.27. The highest BCUT2D eigenvalue weighted by atomic mass is 16.4. The highest BCUT2D eigenvalue weighted by molar-refractivity contribution is 5.81. The van der Waals surface area contributed by atoms with Crippen LogP contribution in [0, 0.1) is 21.7 Å². The number of allylic oxidation sites excluding steroid dienone is 2. The number of carbonyl (C=O) groups excluding carboxylic acids is 1. The van der Waals surface area contributed by atoms with Gasteiger partial charge in [0, 0.05) is 18.4 Å². The molecular formula is C25H49N2O3+. The van der Waals surface area contributed by atoms with Gasteiger partial charge in [-0.15, -0.1) is 0 Å². The molecule has 0 aromatic heterocycles. The van der Waals surface area contributed by atoms with Crippen LogP contribution in [0.3, 0.4) is 0 Å². The third-order valence-corrected chi connectivity index (χ3v) is 5.27. The Morgan fingerprint density at radius 3 is 1.77 bits per heavy atom. The number of carbonyl (C=O) groups is 2. The Labute approximate surface area is 185 Å². The number of hydrogen-bond acceptors (Lipinski definition) is 2. The lowest BCUT2D eigenvalue weighted by Gasteiger charge is -2.34. The summed E-state index contributed by atoms with van der Waals surface area (Å²) in [6, 6.07) is 0. The van der Waals surface area contributed by atoms with Crippen LogP contribution in [-0.4, -0.2) is 55.2 Å². The molecule has 5 nitrogen and oxygen atoms in total. The molecule has 0 bridgehead atoms. The van der Waals surface area contributed by atoms with E-state index in [4.69, 9.17) is 5.11 Å². The fraction of sp³-hybridized carbons (Fsp3) is 0.840. The molecule has 0 heterocycles. The predicted molar refractivity (Wildman–Crippen MR) is 126 cm³/mol. The van der Waals surface area contributed by atoms with Crippen molar-refractivity contribution in [3.63, 3.8) is 0 Å². The monoisotopic (exact) mass is 425 g/mol. The number of nitrogens with zero attached hydrogens (tertiary/aromatic N) is 1. The zero-order valence-electron chi connectivity index (χ0n) is 21.6. The van der Waals surface area contributed by atoms with Gasteiger partial charge in [-0.25, -0.2) is 4.79 Å². The van der Waals surface area contributed by atoms with E-state index in [1.54, 1.807) is 0 Å². The molecule has 0 rings (SSSR count). The number of carboxylic acids is 1. The molecule has 1 amide bonds. The number of quaternary nitrogens is 1. The Morgan fingerprint density at radius 1 is 0.867 bits per heavy atom. The van der Waals surface area contributed by atoms with Gasteiger partial charge in [-0.3, -0.25) is 4.79 Å². The summed E-state index contributed by atoms with van der Waals surface area (Å²) in [5.74, 6) is -0.743. The summed E-state index contributed by atoms with van der Waals surface area (Å²) in [5, 5.41) is 12.0. The van der Waals surface area contributed by atoms with E-state index in [1.165, 1.54) is 0 Å². The van der Waals surface area contributed by atoms with Crippen LogP contribution in [-0.2, 0) is 9.59 Å². The van der Waals surface area contributed by atoms with Crippen LogP contribution in [0.15, 0.2) is 12.2 Å². The van der Waals surface area contributed by atoms with Gasteiger partial charge in [0.15, 0.2) is 6.54 Å². The second-order valence-corrected chi connectivity index (χ2v) is 12.9. The summed E-state index contributed by atoms with van der Waals surface area (Å²) >= 11 is 0. The van der Waals surface area contributed by atoms with Crippen LogP contribution in [0.1, 0.15) is 81.6 Å². The van der Waals surface area contributed by atoms with Crippen molar-refractivity contribution in [2.75, 3.05) is 33.7 Å². The Balaban J connectivity index is 4.78. The van der Waals surface area contributed by atoms with Gasteiger partial charge in [0.05, 0.1) is 20.6 Å². The molecule has 0 unspecified atom stereocenters. The molecule has 0 aliphatic rings. The fourth-order valence-electron chi connectivity index (χ4n) is 4.55. The van der Waals surface area contributed by atoms with Crippen molar-refractivity contribution < 1.29 is 19.2 Å². The van der Waals surface area contributed by atoms with Crippen LogP contribution in [0.25, 0.3) is 0 Å². The maximum absolute atomic E-state index is 12.8. The molecule has 0 fully saturated rings. The number of carboxylic acid groups (broad SMARTS) is 1. The lowest BCUT2D eigenvalue weighted by molar-refractivity contribution is -0.883. The van der Waals surface area contributed by atoms with Crippen molar-refractivity contribution in [3.8, 4) is 0 Å². The molecule has 0 atom stereocenters. The van der Waals surface area contributed by atoms with Crippen molar-refractivity contribution >= 4 is 11.9 Å². The van der Waals surface area contributed by atoms with Crippen molar-refractivity contribution in [1.82, 2.24) is 5.32 Å². The summed E-state index contributed by atoms with van der Waals surface area (Å²) in [6.07, 6.45) is 7.21. The largest absolute Gasteiger partial charge is 0.477 e. The van der Waals surface area contributed by atoms with Gasteiger partial charge in [0.25, 0.3) is 0 Å². The minimum Gasteiger partial charge on any atom is -0.477 e. The smallest absolute Gasteiger partial charge is 0.359 e. The van der Waals surface area contributed by atoms with E-state index >= 15 is 0 Å². The van der Waals surface area contributed by atoms with E-state index in [0.29, 0.717) is 17.6 Å². The van der Waals surface area contributed by atoms with Gasteiger partial charge < -0.3 is 14.9 Å². The van der Waals surface area contributed by atoms with Gasteiger partial charge in [-0.1, -0.05) is 74.5 Å². The molecule has 0 radical (unpaired) electrons. The van der Waals surface area contributed by atoms with Crippen molar-refractivity contribution in [3.05, 3.63) is 12.2 Å². The number of likely N-dealkylation sites (N-methyl/N-ethyl adjacent to an activating group) is 1. The summed E-state index contributed by atoms with van der Waals surface area (Å²) in [4.78, 5) is 23.7. The number of amides is 1. The molecule has 0 aliphatic heterocycles. The van der Waals surface area contributed by atoms with Gasteiger partial charge in [0.2, 0.25) is 5.91 Å². The summed E-state index contributed by atoms with van der Waals surface area (Å²) in [7, 11) is 3.80. The van der Waals surface area contributed by atoms with Gasteiger partial charge in [-0.2, -0.15) is 0 Å². The number of aliphatic carboxylic acids is 1. The molecular weight excluding hydrogens is 376 g/mol. The first kappa shape index (κ1) is 28.6. The first-order chi connectivity index (χ1) is 13.2. The average molecular weight is 426 g/mol. The first-order valence-corrected chi connectivity index (χ1v) is 11.2. The fourth-order valence-corrected chi connectivity index (χ4v) is 4.55. The lowest BCUT2D eigenvalue weighted by atomic mass is 9.71. The van der Waals surface area contributed by atoms with Crippen molar-refractivity contribution in [2.45, 2.75) is 81.6 Å². The quantitative estimate of drug-likeness (QED) is 0.259. The topological polar surface area (TPSA) is 66.4 Å². The maximum atomic E-state index is 12.8. The van der Waals surface area contributed by atoms with E-state index in [2.05, 4.69) is 65.9 Å². The molecule has 2 N–H and O–H groups in total. The molecule has 0 spiro atoms. The highest BCUT2D eigenvalue weighted by Crippen LogP contribution is 2.39. The Hall–Kier alpha value is -1.36. The maximum Gasteiger partial charge on any atom is 0.359 e. The van der Waals surface area contributed by atoms with Gasteiger partial charge >= 0.3 is 5.97 Å². The van der Waals surface area contributed by atoms with Crippen LogP contribution in [0.4, 0.5) is 0 Å². The van der Waals surface area contributed by atoms with Crippen molar-refractivity contribution in [2.24, 2.45) is 21.7 Å². The zero-order valence-corrected chi connectivity index (χ0v) is 21.6. The summed E-state index contributed by atoms with van der Waals surface area (Å²) in [6.45, 7) is 21.1. The predicted octanol–water partition coefficient (Wildman–Crippen LogP) is 5.11. The summed E-state index contributed by atoms with van der Waals surface area (Å²) in [5.41, 5.74) is -0.179. The Morgan fingerprint density at radius 2 is 1.33 bits per heavy atom. The van der Waals surface area contributed by atoms with Crippen LogP contribution >= 0.6 is 0 Å². The molecule has 30 heavy (non-hydrogen) atoms. The standard InChI is InChI=1S/C25H48N2O3/c1-22(2,3)18-23(4,5)13-14-24(6,7)19-25(8,9)21(30)26-15-12-16-27(10,11)17-20(28)29/h13-14H,12,15-19H2,1-11H3,(H-,26,28,29,30)/p+1/b14-13-. The normalized spacial score (nSPS) is 14.2. The second-order valence-electron chi connectivity index (χ2n) is 12.9. The van der Waals surface area contributed by atoms with Crippen molar-refractivity contribution in [1.29, 1.82) is 0 Å². The van der Waals surface area contributed by atoms with Crippen LogP contribution < -0.4 is 5.32 Å². The molecule has 0 aliphatic carbocycles. The molecule has 176 valence electrons. The minimum atomic E-state index is -0.800. The second kappa shape index (κ2) is 10.3. The molecule has 0 saturated heterocycles. The molecule has 0 aromatic carbocycles. The van der Waals surface area contributed by atoms with Crippen LogP contribution in [0.5, 0.6) is 0 Å². The van der Waals surface area contributed by atoms with E-state index < -0.39 is 11.4 Å². The van der Waals surface area contributed by atoms with E-state index in [0.717, 1.165) is 19.3 Å². The minimum absolute atomic E-state index is 0.0569. The van der Waals surface area contributed by atoms with E-state index in [-0.39, 0.29) is 28.7 Å². The zero-order chi connectivity index (χ0) is 24.0. The van der Waals surface area contributed by atoms with E-state index in [9.17, 15) is 9.59 Å². The number of rotatable bonds is 12. The summed E-state index contributed by atoms with van der Waals surface area (Å²) < 4.78 is 0.413. The van der Waals surface area contributed by atoms with Gasteiger partial charge in [-0.05, 0) is 29.1 Å². The first-order valence-electron chi connectivity index (χ1n) is 11.2. The van der Waals surface area contributed by atoms with Gasteiger partial charge in [0.1, 0.15) is 0 Å². The average Bonchev–Trinajstić information content (AvgIpc) is 2.45. The number of hydrogen-bond donors (Lipinski definition) is 2. The molecule has 0 saturated carbocycles. The lowest BCUT2D eigenvalue weighted by Crippen LogP contribution is -2.46. The van der Waals surface area contributed by atoms with Crippen LogP contribution in [0.2, 0.25) is 0 Å². The number of nitrogens with one attached hydrogen (secondary N) is 1. The Bertz CT molecular complexity index is 608. The SMILES string of the molecule is CC(C)(C)CC(C)(C)/C=C\C(C)(C)CC(C)(C)C(=O)NCCC[N+](C)(C)CC(=O)O.